The molecule has 0 spiro atoms. The fraction of sp³-hybridized carbons (Fsp3) is 0.235. The summed E-state index contributed by atoms with van der Waals surface area (Å²) >= 11 is 3.41. The number of methoxy groups -OCH3 is 1. The predicted octanol–water partition coefficient (Wildman–Crippen LogP) is 4.69. The van der Waals surface area contributed by atoms with E-state index >= 15 is 0 Å². The highest BCUT2D eigenvalue weighted by atomic mass is 79.9. The molecule has 24 heavy (non-hydrogen) atoms. The van der Waals surface area contributed by atoms with Crippen molar-refractivity contribution in [2.45, 2.75) is 20.0 Å². The average molecular weight is 398 g/mol. The van der Waals surface area contributed by atoms with E-state index in [1.807, 2.05) is 19.1 Å². The highest BCUT2D eigenvalue weighted by Gasteiger charge is 2.20. The minimum Gasteiger partial charge on any atom is -0.488 e. The van der Waals surface area contributed by atoms with Gasteiger partial charge in [-0.1, -0.05) is 19.1 Å². The van der Waals surface area contributed by atoms with E-state index in [0.717, 1.165) is 23.6 Å². The van der Waals surface area contributed by atoms with Gasteiger partial charge in [0.25, 0.3) is 0 Å². The Bertz CT molecular complexity index is 739. The van der Waals surface area contributed by atoms with Gasteiger partial charge >= 0.3 is 6.09 Å². The summed E-state index contributed by atoms with van der Waals surface area (Å²) in [5, 5.41) is 10.1. The normalized spacial score (nSPS) is 10.4. The number of rotatable bonds is 5. The van der Waals surface area contributed by atoms with Gasteiger partial charge in [0.15, 0.2) is 0 Å². The number of amides is 1. The predicted molar refractivity (Wildman–Crippen MR) is 90.9 cm³/mol. The Labute approximate surface area is 147 Å². The molecule has 2 rings (SSSR count). The molecule has 1 amide bonds. The third-order valence-electron chi connectivity index (χ3n) is 3.45. The van der Waals surface area contributed by atoms with E-state index in [2.05, 4.69) is 20.7 Å². The Balaban J connectivity index is 2.25. The van der Waals surface area contributed by atoms with Crippen LogP contribution in [0.15, 0.2) is 40.9 Å². The monoisotopic (exact) mass is 397 g/mol. The molecular formula is C17H17BrFNO4. The Morgan fingerprint density at radius 3 is 2.71 bits per heavy atom. The molecule has 7 heteroatoms. The van der Waals surface area contributed by atoms with Crippen LogP contribution in [-0.4, -0.2) is 18.4 Å². The SMILES string of the molecule is CCc1ccc(OCc2c(F)cccc2N(O)C(=O)OC)c(Br)c1. The van der Waals surface area contributed by atoms with Gasteiger partial charge in [-0.25, -0.2) is 9.18 Å². The molecule has 0 aromatic heterocycles. The van der Waals surface area contributed by atoms with Crippen molar-refractivity contribution in [3.05, 3.63) is 57.8 Å². The molecule has 0 aliphatic heterocycles. The molecule has 0 saturated heterocycles. The first-order chi connectivity index (χ1) is 11.5. The van der Waals surface area contributed by atoms with Gasteiger partial charge in [-0.3, -0.25) is 5.21 Å². The maximum atomic E-state index is 14.1. The number of hydroxylamine groups is 1. The van der Waals surface area contributed by atoms with Crippen molar-refractivity contribution in [3.63, 3.8) is 0 Å². The zero-order valence-corrected chi connectivity index (χ0v) is 14.8. The van der Waals surface area contributed by atoms with Gasteiger partial charge in [0.2, 0.25) is 0 Å². The number of halogens is 2. The average Bonchev–Trinajstić information content (AvgIpc) is 2.59. The highest BCUT2D eigenvalue weighted by molar-refractivity contribution is 9.10. The van der Waals surface area contributed by atoms with Crippen LogP contribution in [0.5, 0.6) is 5.75 Å². The maximum Gasteiger partial charge on any atom is 0.438 e. The molecule has 0 aliphatic carbocycles. The minimum atomic E-state index is -1.02. The van der Waals surface area contributed by atoms with Crippen LogP contribution in [0.25, 0.3) is 0 Å². The molecule has 0 aliphatic rings. The van der Waals surface area contributed by atoms with Crippen molar-refractivity contribution in [2.24, 2.45) is 0 Å². The largest absolute Gasteiger partial charge is 0.488 e. The van der Waals surface area contributed by atoms with Gasteiger partial charge in [-0.05, 0) is 52.2 Å². The van der Waals surface area contributed by atoms with Crippen LogP contribution in [-0.2, 0) is 17.8 Å². The first-order valence-corrected chi connectivity index (χ1v) is 8.02. The second-order valence-electron chi connectivity index (χ2n) is 4.93. The van der Waals surface area contributed by atoms with E-state index in [9.17, 15) is 14.4 Å². The number of ether oxygens (including phenoxy) is 2. The summed E-state index contributed by atoms with van der Waals surface area (Å²) in [5.41, 5.74) is 1.13. The fourth-order valence-electron chi connectivity index (χ4n) is 2.10. The van der Waals surface area contributed by atoms with Crippen molar-refractivity contribution < 1.29 is 23.9 Å². The molecule has 128 valence electrons. The Morgan fingerprint density at radius 1 is 1.33 bits per heavy atom. The fourth-order valence-corrected chi connectivity index (χ4v) is 2.65. The summed E-state index contributed by atoms with van der Waals surface area (Å²) in [5.74, 6) is -0.0688. The first kappa shape index (κ1) is 18.2. The molecule has 0 fully saturated rings. The Kier molecular flexibility index (Phi) is 6.16. The van der Waals surface area contributed by atoms with Crippen molar-refractivity contribution in [3.8, 4) is 5.75 Å². The second-order valence-corrected chi connectivity index (χ2v) is 5.78. The minimum absolute atomic E-state index is 0.0387. The topological polar surface area (TPSA) is 59.0 Å². The molecule has 0 heterocycles. The molecule has 0 unspecified atom stereocenters. The van der Waals surface area contributed by atoms with Crippen LogP contribution in [0, 0.1) is 5.82 Å². The standard InChI is InChI=1S/C17H17BrFNO4/c1-3-11-7-8-16(13(18)9-11)24-10-12-14(19)5-4-6-15(12)20(22)17(21)23-2/h4-9,22H,3,10H2,1-2H3. The summed E-state index contributed by atoms with van der Waals surface area (Å²) in [6.07, 6.45) is -0.134. The van der Waals surface area contributed by atoms with Crippen LogP contribution >= 0.6 is 15.9 Å². The smallest absolute Gasteiger partial charge is 0.438 e. The quantitative estimate of drug-likeness (QED) is 0.587. The number of carbonyl (C=O) groups is 1. The Morgan fingerprint density at radius 2 is 2.08 bits per heavy atom. The van der Waals surface area contributed by atoms with Gasteiger partial charge in [0.05, 0.1) is 22.8 Å². The van der Waals surface area contributed by atoms with E-state index in [4.69, 9.17) is 4.74 Å². The zero-order valence-electron chi connectivity index (χ0n) is 13.3. The Hall–Kier alpha value is -2.12. The van der Waals surface area contributed by atoms with Crippen molar-refractivity contribution in [1.29, 1.82) is 0 Å². The maximum absolute atomic E-state index is 14.1. The highest BCUT2D eigenvalue weighted by Crippen LogP contribution is 2.29. The van der Waals surface area contributed by atoms with Gasteiger partial charge in [0, 0.05) is 0 Å². The van der Waals surface area contributed by atoms with Crippen LogP contribution in [0.3, 0.4) is 0 Å². The van der Waals surface area contributed by atoms with Gasteiger partial charge in [0.1, 0.15) is 18.2 Å². The van der Waals surface area contributed by atoms with Gasteiger partial charge < -0.3 is 9.47 Å². The lowest BCUT2D eigenvalue weighted by Gasteiger charge is -2.18. The van der Waals surface area contributed by atoms with Crippen molar-refractivity contribution >= 4 is 27.7 Å². The lowest BCUT2D eigenvalue weighted by Crippen LogP contribution is -2.28. The summed E-state index contributed by atoms with van der Waals surface area (Å²) in [6.45, 7) is 1.87. The molecule has 2 aromatic rings. The zero-order chi connectivity index (χ0) is 17.7. The molecule has 0 bridgehead atoms. The van der Waals surface area contributed by atoms with E-state index in [1.54, 1.807) is 6.07 Å². The third kappa shape index (κ3) is 4.04. The van der Waals surface area contributed by atoms with Crippen molar-refractivity contribution in [2.75, 3.05) is 12.2 Å². The number of hydrogen-bond acceptors (Lipinski definition) is 4. The first-order valence-electron chi connectivity index (χ1n) is 7.23. The molecule has 0 saturated carbocycles. The molecule has 5 nitrogen and oxygen atoms in total. The number of carbonyl (C=O) groups excluding carboxylic acids is 1. The summed E-state index contributed by atoms with van der Waals surface area (Å²) in [7, 11) is 1.12. The lowest BCUT2D eigenvalue weighted by molar-refractivity contribution is 0.140. The summed E-state index contributed by atoms with van der Waals surface area (Å²) < 4.78 is 24.9. The van der Waals surface area contributed by atoms with E-state index < -0.39 is 11.9 Å². The molecule has 1 N–H and O–H groups in total. The number of nitrogens with zero attached hydrogens (tertiary/aromatic N) is 1. The summed E-state index contributed by atoms with van der Waals surface area (Å²) in [4.78, 5) is 11.5. The number of aryl methyl sites for hydroxylation is 1. The van der Waals surface area contributed by atoms with E-state index in [-0.39, 0.29) is 22.9 Å². The molecule has 0 atom stereocenters. The number of hydrogen-bond donors (Lipinski definition) is 1. The van der Waals surface area contributed by atoms with E-state index in [0.29, 0.717) is 5.75 Å². The third-order valence-corrected chi connectivity index (χ3v) is 4.07. The van der Waals surface area contributed by atoms with Crippen molar-refractivity contribution in [1.82, 2.24) is 0 Å². The molecular weight excluding hydrogens is 381 g/mol. The molecule has 0 radical (unpaired) electrons. The van der Waals surface area contributed by atoms with E-state index in [1.165, 1.54) is 18.2 Å². The lowest BCUT2D eigenvalue weighted by atomic mass is 10.1. The van der Waals surface area contributed by atoms with Gasteiger partial charge in [-0.2, -0.15) is 5.06 Å². The van der Waals surface area contributed by atoms with Gasteiger partial charge in [-0.15, -0.1) is 0 Å². The van der Waals surface area contributed by atoms with Crippen LogP contribution in [0.1, 0.15) is 18.1 Å². The van der Waals surface area contributed by atoms with Crippen LogP contribution in [0.2, 0.25) is 0 Å². The summed E-state index contributed by atoms with van der Waals surface area (Å²) in [6, 6.07) is 9.61. The second kappa shape index (κ2) is 8.12. The number of benzene rings is 2. The van der Waals surface area contributed by atoms with Crippen LogP contribution in [0.4, 0.5) is 14.9 Å². The molecule has 2 aromatic carbocycles. The van der Waals surface area contributed by atoms with Crippen LogP contribution < -0.4 is 9.80 Å². The number of anilines is 1.